The van der Waals surface area contributed by atoms with Gasteiger partial charge in [-0.15, -0.1) is 0 Å². The van der Waals surface area contributed by atoms with Gasteiger partial charge in [0.25, 0.3) is 0 Å². The number of H-pyrrole nitrogens is 1. The molecule has 0 saturated carbocycles. The van der Waals surface area contributed by atoms with Crippen LogP contribution in [0.5, 0.6) is 0 Å². The molecule has 0 bridgehead atoms. The van der Waals surface area contributed by atoms with Crippen molar-refractivity contribution in [3.8, 4) is 0 Å². The highest BCUT2D eigenvalue weighted by Crippen LogP contribution is 2.08. The number of carboxylic acid groups (broad SMARTS) is 3. The summed E-state index contributed by atoms with van der Waals surface area (Å²) >= 11 is 0. The third kappa shape index (κ3) is 9.04. The van der Waals surface area contributed by atoms with Gasteiger partial charge in [0.15, 0.2) is 0 Å². The zero-order chi connectivity index (χ0) is 26.0. The number of aromatic nitrogens is 2. The monoisotopic (exact) mass is 496 g/mol. The molecule has 2 rings (SSSR count). The van der Waals surface area contributed by atoms with Crippen LogP contribution in [0.2, 0.25) is 0 Å². The number of imidazole rings is 1. The Morgan fingerprint density at radius 1 is 0.971 bits per heavy atom. The summed E-state index contributed by atoms with van der Waals surface area (Å²) in [6.45, 7) is 0.647. The third-order valence-corrected chi connectivity index (χ3v) is 5.26. The van der Waals surface area contributed by atoms with Gasteiger partial charge in [-0.2, -0.15) is 0 Å². The molecule has 1 aliphatic rings. The summed E-state index contributed by atoms with van der Waals surface area (Å²) in [5.74, 6) is -6.68. The smallest absolute Gasteiger partial charge is 0.326 e. The van der Waals surface area contributed by atoms with Crippen LogP contribution >= 0.6 is 0 Å². The number of hydrogen-bond acceptors (Lipinski definition) is 8. The third-order valence-electron chi connectivity index (χ3n) is 5.26. The molecule has 0 radical (unpaired) electrons. The van der Waals surface area contributed by atoms with Gasteiger partial charge in [0, 0.05) is 24.7 Å². The van der Waals surface area contributed by atoms with E-state index in [1.165, 1.54) is 12.5 Å². The van der Waals surface area contributed by atoms with E-state index >= 15 is 0 Å². The van der Waals surface area contributed by atoms with Crippen LogP contribution in [0.15, 0.2) is 12.5 Å². The lowest BCUT2D eigenvalue weighted by atomic mass is 10.1. The maximum Gasteiger partial charge on any atom is 0.326 e. The second-order valence-corrected chi connectivity index (χ2v) is 7.98. The molecule has 15 nitrogen and oxygen atoms in total. The first kappa shape index (κ1) is 27.2. The van der Waals surface area contributed by atoms with Gasteiger partial charge in [0.1, 0.15) is 18.1 Å². The lowest BCUT2D eigenvalue weighted by molar-refractivity contribution is -0.147. The van der Waals surface area contributed by atoms with Crippen molar-refractivity contribution in [2.75, 3.05) is 6.54 Å². The summed E-state index contributed by atoms with van der Waals surface area (Å²) in [6, 6.07) is -4.96. The predicted octanol–water partition coefficient (Wildman–Crippen LogP) is -2.42. The van der Waals surface area contributed by atoms with Gasteiger partial charge in [-0.25, -0.2) is 9.78 Å². The first-order valence-corrected chi connectivity index (χ1v) is 10.8. The van der Waals surface area contributed by atoms with Crippen molar-refractivity contribution in [1.82, 2.24) is 31.2 Å². The minimum Gasteiger partial charge on any atom is -0.481 e. The number of nitrogens with zero attached hydrogens (tertiary/aromatic N) is 1. The molecule has 1 saturated heterocycles. The highest BCUT2D eigenvalue weighted by atomic mass is 16.4. The number of aromatic amines is 1. The molecule has 8 N–H and O–H groups in total. The van der Waals surface area contributed by atoms with Crippen LogP contribution < -0.4 is 21.3 Å². The minimum atomic E-state index is -1.79. The molecule has 35 heavy (non-hydrogen) atoms. The van der Waals surface area contributed by atoms with Crippen molar-refractivity contribution < 1.29 is 44.1 Å². The molecule has 1 fully saturated rings. The normalized spacial score (nSPS) is 17.5. The Kier molecular flexibility index (Phi) is 10.1. The fourth-order valence-corrected chi connectivity index (χ4v) is 3.46. The second-order valence-electron chi connectivity index (χ2n) is 7.98. The molecule has 192 valence electrons. The van der Waals surface area contributed by atoms with E-state index in [1.54, 1.807) is 0 Å². The Bertz CT molecular complexity index is 930. The maximum absolute atomic E-state index is 13.1. The van der Waals surface area contributed by atoms with Crippen molar-refractivity contribution in [1.29, 1.82) is 0 Å². The number of hydrogen-bond donors (Lipinski definition) is 8. The van der Waals surface area contributed by atoms with Crippen molar-refractivity contribution in [3.63, 3.8) is 0 Å². The van der Waals surface area contributed by atoms with Gasteiger partial charge < -0.3 is 41.6 Å². The van der Waals surface area contributed by atoms with Crippen molar-refractivity contribution in [3.05, 3.63) is 18.2 Å². The first-order valence-electron chi connectivity index (χ1n) is 10.8. The van der Waals surface area contributed by atoms with Gasteiger partial charge >= 0.3 is 17.9 Å². The Labute approximate surface area is 199 Å². The average Bonchev–Trinajstić information content (AvgIpc) is 3.49. The SMILES string of the molecule is O=C(O)CCC(NC(=O)C(Cc1cnc[nH]1)NC(=O)C1CCCN1)C(=O)NC(CC(=O)O)C(=O)O. The number of rotatable bonds is 14. The van der Waals surface area contributed by atoms with E-state index in [-0.39, 0.29) is 6.42 Å². The molecule has 3 amide bonds. The van der Waals surface area contributed by atoms with Crippen molar-refractivity contribution in [2.45, 2.75) is 62.7 Å². The molecule has 0 spiro atoms. The number of nitrogens with one attached hydrogen (secondary N) is 5. The van der Waals surface area contributed by atoms with Crippen molar-refractivity contribution in [2.24, 2.45) is 0 Å². The van der Waals surface area contributed by atoms with Crippen LogP contribution in [0.3, 0.4) is 0 Å². The van der Waals surface area contributed by atoms with Crippen LogP contribution in [-0.2, 0) is 35.2 Å². The van der Waals surface area contributed by atoms with E-state index in [1.807, 2.05) is 5.32 Å². The summed E-state index contributed by atoms with van der Waals surface area (Å²) in [5, 5.41) is 37.0. The molecule has 2 heterocycles. The molecular formula is C20H28N6O9. The van der Waals surface area contributed by atoms with Gasteiger partial charge in [-0.1, -0.05) is 0 Å². The standard InChI is InChI=1S/C20H28N6O9/c27-15(28)4-3-12(18(32)26-14(20(34)35)7-16(29)30)24-19(33)13(6-10-8-21-9-23-10)25-17(31)11-2-1-5-22-11/h8-9,11-14,22H,1-7H2,(H,21,23)(H,24,33)(H,25,31)(H,26,32)(H,27,28)(H,29,30)(H,34,35). The van der Waals surface area contributed by atoms with Gasteiger partial charge in [-0.3, -0.25) is 24.0 Å². The van der Waals surface area contributed by atoms with E-state index in [0.29, 0.717) is 18.7 Å². The minimum absolute atomic E-state index is 0.0195. The molecule has 1 aromatic heterocycles. The van der Waals surface area contributed by atoms with Crippen LogP contribution in [0.4, 0.5) is 0 Å². The Morgan fingerprint density at radius 3 is 2.20 bits per heavy atom. The molecule has 4 atom stereocenters. The maximum atomic E-state index is 13.1. The Hall–Kier alpha value is -4.01. The van der Waals surface area contributed by atoms with Gasteiger partial charge in [-0.05, 0) is 25.8 Å². The Balaban J connectivity index is 2.17. The van der Waals surface area contributed by atoms with Crippen LogP contribution in [0.1, 0.15) is 37.8 Å². The van der Waals surface area contributed by atoms with Gasteiger partial charge in [0.2, 0.25) is 17.7 Å². The van der Waals surface area contributed by atoms with Gasteiger partial charge in [0.05, 0.1) is 18.8 Å². The molecule has 1 aromatic rings. The zero-order valence-electron chi connectivity index (χ0n) is 18.7. The molecule has 0 aliphatic carbocycles. The predicted molar refractivity (Wildman–Crippen MR) is 116 cm³/mol. The lowest BCUT2D eigenvalue weighted by Crippen LogP contribution is -2.57. The quantitative estimate of drug-likeness (QED) is 0.135. The van der Waals surface area contributed by atoms with E-state index < -0.39 is 79.1 Å². The summed E-state index contributed by atoms with van der Waals surface area (Å²) in [5.41, 5.74) is 0.503. The van der Waals surface area contributed by atoms with Crippen LogP contribution in [0.25, 0.3) is 0 Å². The number of carboxylic acids is 3. The summed E-state index contributed by atoms with van der Waals surface area (Å²) in [6.07, 6.45) is 2.30. The fourth-order valence-electron chi connectivity index (χ4n) is 3.46. The van der Waals surface area contributed by atoms with E-state index in [9.17, 15) is 28.8 Å². The van der Waals surface area contributed by atoms with E-state index in [2.05, 4.69) is 25.9 Å². The molecular weight excluding hydrogens is 468 g/mol. The number of carbonyl (C=O) groups is 6. The number of amides is 3. The first-order chi connectivity index (χ1) is 16.6. The Morgan fingerprint density at radius 2 is 1.66 bits per heavy atom. The average molecular weight is 496 g/mol. The highest BCUT2D eigenvalue weighted by Gasteiger charge is 2.32. The summed E-state index contributed by atoms with van der Waals surface area (Å²) in [7, 11) is 0. The van der Waals surface area contributed by atoms with E-state index in [4.69, 9.17) is 15.3 Å². The van der Waals surface area contributed by atoms with Crippen molar-refractivity contribution >= 4 is 35.6 Å². The highest BCUT2D eigenvalue weighted by molar-refractivity contribution is 5.95. The number of aliphatic carboxylic acids is 3. The second kappa shape index (κ2) is 13.0. The largest absolute Gasteiger partial charge is 0.481 e. The van der Waals surface area contributed by atoms with Crippen LogP contribution in [-0.4, -0.2) is 91.6 Å². The lowest BCUT2D eigenvalue weighted by Gasteiger charge is -2.24. The van der Waals surface area contributed by atoms with Crippen LogP contribution in [0, 0.1) is 0 Å². The summed E-state index contributed by atoms with van der Waals surface area (Å²) < 4.78 is 0. The summed E-state index contributed by atoms with van der Waals surface area (Å²) in [4.78, 5) is 78.2. The molecule has 1 aliphatic heterocycles. The van der Waals surface area contributed by atoms with E-state index in [0.717, 1.165) is 6.42 Å². The molecule has 0 aromatic carbocycles. The fraction of sp³-hybridized carbons (Fsp3) is 0.550. The number of carbonyl (C=O) groups excluding carboxylic acids is 3. The molecule has 4 unspecified atom stereocenters. The zero-order valence-corrected chi connectivity index (χ0v) is 18.7. The molecule has 15 heteroatoms. The topological polar surface area (TPSA) is 240 Å².